The van der Waals surface area contributed by atoms with Crippen molar-refractivity contribution in [2.75, 3.05) is 0 Å². The number of rotatable bonds is 3. The first-order valence-corrected chi connectivity index (χ1v) is 5.69. The highest BCUT2D eigenvalue weighted by molar-refractivity contribution is 5.88. The highest BCUT2D eigenvalue weighted by Gasteiger charge is 2.02. The zero-order valence-corrected chi connectivity index (χ0v) is 10.1. The van der Waals surface area contributed by atoms with E-state index in [4.69, 9.17) is 0 Å². The fourth-order valence-corrected chi connectivity index (χ4v) is 1.80. The van der Waals surface area contributed by atoms with Gasteiger partial charge in [-0.1, -0.05) is 42.5 Å². The van der Waals surface area contributed by atoms with Crippen molar-refractivity contribution in [2.45, 2.75) is 6.92 Å². The summed E-state index contributed by atoms with van der Waals surface area (Å²) in [4.78, 5) is 10.9. The van der Waals surface area contributed by atoms with Gasteiger partial charge in [-0.15, -0.1) is 0 Å². The molecular weight excluding hydrogens is 227 g/mol. The Morgan fingerprint density at radius 2 is 1.78 bits per heavy atom. The molecule has 0 N–H and O–H groups in total. The Balaban J connectivity index is 2.42. The van der Waals surface area contributed by atoms with Gasteiger partial charge in [0.1, 0.15) is 5.82 Å². The van der Waals surface area contributed by atoms with Gasteiger partial charge in [-0.2, -0.15) is 0 Å². The molecule has 0 saturated heterocycles. The molecular formula is C16H13FO. The SMILES string of the molecule is C/C(=C\c1ccc(F)cc1C=O)c1ccccc1. The van der Waals surface area contributed by atoms with Crippen LogP contribution in [0.15, 0.2) is 48.5 Å². The summed E-state index contributed by atoms with van der Waals surface area (Å²) in [5.41, 5.74) is 3.21. The minimum Gasteiger partial charge on any atom is -0.298 e. The number of hydrogen-bond acceptors (Lipinski definition) is 1. The number of aldehydes is 1. The maximum atomic E-state index is 13.0. The summed E-state index contributed by atoms with van der Waals surface area (Å²) in [5.74, 6) is -0.397. The summed E-state index contributed by atoms with van der Waals surface area (Å²) in [5, 5.41) is 0. The summed E-state index contributed by atoms with van der Waals surface area (Å²) < 4.78 is 13.0. The number of halogens is 1. The Kier molecular flexibility index (Phi) is 3.68. The molecule has 0 aliphatic rings. The summed E-state index contributed by atoms with van der Waals surface area (Å²) in [6.07, 6.45) is 2.56. The van der Waals surface area contributed by atoms with E-state index in [-0.39, 0.29) is 0 Å². The fourth-order valence-electron chi connectivity index (χ4n) is 1.80. The third kappa shape index (κ3) is 2.72. The molecule has 0 spiro atoms. The highest BCUT2D eigenvalue weighted by Crippen LogP contribution is 2.19. The topological polar surface area (TPSA) is 17.1 Å². The van der Waals surface area contributed by atoms with Crippen molar-refractivity contribution in [2.24, 2.45) is 0 Å². The minimum absolute atomic E-state index is 0.366. The number of benzene rings is 2. The molecule has 2 aromatic rings. The number of carbonyl (C=O) groups is 1. The second-order valence-electron chi connectivity index (χ2n) is 4.08. The Bertz CT molecular complexity index is 585. The lowest BCUT2D eigenvalue weighted by Gasteiger charge is -2.04. The van der Waals surface area contributed by atoms with Crippen molar-refractivity contribution < 1.29 is 9.18 Å². The van der Waals surface area contributed by atoms with Gasteiger partial charge in [-0.05, 0) is 35.8 Å². The first kappa shape index (κ1) is 12.2. The largest absolute Gasteiger partial charge is 0.298 e. The molecule has 0 bridgehead atoms. The standard InChI is InChI=1S/C16H13FO/c1-12(13-5-3-2-4-6-13)9-14-7-8-16(17)10-15(14)11-18/h2-11H,1H3/b12-9+. The molecule has 0 atom stereocenters. The average Bonchev–Trinajstić information content (AvgIpc) is 2.41. The predicted octanol–water partition coefficient (Wildman–Crippen LogP) is 4.20. The monoisotopic (exact) mass is 240 g/mol. The lowest BCUT2D eigenvalue weighted by atomic mass is 10.0. The van der Waals surface area contributed by atoms with Gasteiger partial charge >= 0.3 is 0 Å². The maximum Gasteiger partial charge on any atom is 0.150 e. The summed E-state index contributed by atoms with van der Waals surface area (Å²) in [6, 6.07) is 14.1. The third-order valence-corrected chi connectivity index (χ3v) is 2.78. The van der Waals surface area contributed by atoms with E-state index < -0.39 is 5.82 Å². The normalized spacial score (nSPS) is 11.3. The maximum absolute atomic E-state index is 13.0. The zero-order valence-electron chi connectivity index (χ0n) is 10.1. The lowest BCUT2D eigenvalue weighted by Crippen LogP contribution is -1.89. The van der Waals surface area contributed by atoms with Crippen molar-refractivity contribution in [1.29, 1.82) is 0 Å². The fraction of sp³-hybridized carbons (Fsp3) is 0.0625. The quantitative estimate of drug-likeness (QED) is 0.580. The first-order chi connectivity index (χ1) is 8.70. The Labute approximate surface area is 106 Å². The molecule has 0 saturated carbocycles. The van der Waals surface area contributed by atoms with Crippen LogP contribution in [0.5, 0.6) is 0 Å². The second kappa shape index (κ2) is 5.41. The van der Waals surface area contributed by atoms with E-state index in [9.17, 15) is 9.18 Å². The Hall–Kier alpha value is -2.22. The van der Waals surface area contributed by atoms with E-state index in [0.29, 0.717) is 11.8 Å². The van der Waals surface area contributed by atoms with Gasteiger partial charge < -0.3 is 0 Å². The van der Waals surface area contributed by atoms with Crippen LogP contribution in [-0.4, -0.2) is 6.29 Å². The van der Waals surface area contributed by atoms with E-state index in [2.05, 4.69) is 0 Å². The predicted molar refractivity (Wildman–Crippen MR) is 71.8 cm³/mol. The smallest absolute Gasteiger partial charge is 0.150 e. The van der Waals surface area contributed by atoms with Gasteiger partial charge in [0.15, 0.2) is 6.29 Å². The molecule has 0 radical (unpaired) electrons. The van der Waals surface area contributed by atoms with E-state index in [0.717, 1.165) is 16.7 Å². The van der Waals surface area contributed by atoms with E-state index in [1.165, 1.54) is 12.1 Å². The van der Waals surface area contributed by atoms with Gasteiger partial charge in [0.05, 0.1) is 0 Å². The van der Waals surface area contributed by atoms with Gasteiger partial charge in [-0.3, -0.25) is 4.79 Å². The molecule has 90 valence electrons. The van der Waals surface area contributed by atoms with Crippen LogP contribution in [0, 0.1) is 5.82 Å². The molecule has 0 aliphatic heterocycles. The highest BCUT2D eigenvalue weighted by atomic mass is 19.1. The molecule has 0 heterocycles. The molecule has 2 aromatic carbocycles. The van der Waals surface area contributed by atoms with Crippen LogP contribution in [0.4, 0.5) is 4.39 Å². The van der Waals surface area contributed by atoms with Crippen LogP contribution in [0.25, 0.3) is 11.6 Å². The second-order valence-corrected chi connectivity index (χ2v) is 4.08. The van der Waals surface area contributed by atoms with Gasteiger partial charge in [0.25, 0.3) is 0 Å². The number of carbonyl (C=O) groups excluding carboxylic acids is 1. The van der Waals surface area contributed by atoms with Crippen molar-refractivity contribution >= 4 is 17.9 Å². The first-order valence-electron chi connectivity index (χ1n) is 5.69. The van der Waals surface area contributed by atoms with Crippen molar-refractivity contribution in [1.82, 2.24) is 0 Å². The average molecular weight is 240 g/mol. The van der Waals surface area contributed by atoms with Crippen LogP contribution < -0.4 is 0 Å². The lowest BCUT2D eigenvalue weighted by molar-refractivity contribution is 0.112. The molecule has 0 unspecified atom stereocenters. The molecule has 0 fully saturated rings. The zero-order chi connectivity index (χ0) is 13.0. The molecule has 1 nitrogen and oxygen atoms in total. The number of allylic oxidation sites excluding steroid dienone is 1. The van der Waals surface area contributed by atoms with E-state index in [1.807, 2.05) is 43.3 Å². The molecule has 0 aromatic heterocycles. The van der Waals surface area contributed by atoms with Crippen LogP contribution >= 0.6 is 0 Å². The van der Waals surface area contributed by atoms with Crippen molar-refractivity contribution in [3.05, 3.63) is 71.0 Å². The van der Waals surface area contributed by atoms with Crippen LogP contribution in [0.1, 0.15) is 28.4 Å². The van der Waals surface area contributed by atoms with Crippen LogP contribution in [0.2, 0.25) is 0 Å². The Morgan fingerprint density at radius 3 is 2.44 bits per heavy atom. The molecule has 0 amide bonds. The third-order valence-electron chi connectivity index (χ3n) is 2.78. The van der Waals surface area contributed by atoms with Crippen LogP contribution in [-0.2, 0) is 0 Å². The Morgan fingerprint density at radius 1 is 1.06 bits per heavy atom. The van der Waals surface area contributed by atoms with Gasteiger partial charge in [0, 0.05) is 5.56 Å². The molecule has 0 aliphatic carbocycles. The summed E-state index contributed by atoms with van der Waals surface area (Å²) in [6.45, 7) is 1.97. The van der Waals surface area contributed by atoms with E-state index >= 15 is 0 Å². The molecule has 18 heavy (non-hydrogen) atoms. The summed E-state index contributed by atoms with van der Waals surface area (Å²) >= 11 is 0. The van der Waals surface area contributed by atoms with Crippen LogP contribution in [0.3, 0.4) is 0 Å². The number of hydrogen-bond donors (Lipinski definition) is 0. The van der Waals surface area contributed by atoms with Gasteiger partial charge in [-0.25, -0.2) is 4.39 Å². The molecule has 2 heteroatoms. The van der Waals surface area contributed by atoms with Crippen molar-refractivity contribution in [3.8, 4) is 0 Å². The van der Waals surface area contributed by atoms with Crippen molar-refractivity contribution in [3.63, 3.8) is 0 Å². The summed E-state index contributed by atoms with van der Waals surface area (Å²) in [7, 11) is 0. The van der Waals surface area contributed by atoms with E-state index in [1.54, 1.807) is 6.07 Å². The van der Waals surface area contributed by atoms with Gasteiger partial charge in [0.2, 0.25) is 0 Å². The minimum atomic E-state index is -0.397. The molecule has 2 rings (SSSR count).